The highest BCUT2D eigenvalue weighted by molar-refractivity contribution is 5.68. The first-order valence-corrected chi connectivity index (χ1v) is 8.47. The van der Waals surface area contributed by atoms with E-state index in [2.05, 4.69) is 42.2 Å². The zero-order valence-electron chi connectivity index (χ0n) is 15.2. The first-order valence-electron chi connectivity index (χ1n) is 8.47. The lowest BCUT2D eigenvalue weighted by atomic mass is 9.80. The largest absolute Gasteiger partial charge is 0.444 e. The number of amides is 1. The summed E-state index contributed by atoms with van der Waals surface area (Å²) in [7, 11) is 2.07. The van der Waals surface area contributed by atoms with Crippen molar-refractivity contribution >= 4 is 6.09 Å². The standard InChI is InChI=1S/C18H31N3O2/c1-17(2,3)23-16(22)21-11-8-18(4,9-12-21)14-19-13-15-7-6-10-20(15)5/h6-7,10,19H,8-9,11-14H2,1-5H3. The van der Waals surface area contributed by atoms with Gasteiger partial charge in [-0.2, -0.15) is 0 Å². The maximum Gasteiger partial charge on any atom is 0.410 e. The van der Waals surface area contributed by atoms with E-state index in [0.29, 0.717) is 0 Å². The monoisotopic (exact) mass is 321 g/mol. The van der Waals surface area contributed by atoms with Crippen molar-refractivity contribution in [1.82, 2.24) is 14.8 Å². The topological polar surface area (TPSA) is 46.5 Å². The number of nitrogens with one attached hydrogen (secondary N) is 1. The Morgan fingerprint density at radius 3 is 2.52 bits per heavy atom. The van der Waals surface area contributed by atoms with Gasteiger partial charge in [0.15, 0.2) is 0 Å². The van der Waals surface area contributed by atoms with Crippen LogP contribution in [0.1, 0.15) is 46.2 Å². The number of hydrogen-bond acceptors (Lipinski definition) is 3. The Hall–Kier alpha value is -1.49. The summed E-state index contributed by atoms with van der Waals surface area (Å²) >= 11 is 0. The second kappa shape index (κ2) is 6.95. The van der Waals surface area contributed by atoms with E-state index < -0.39 is 5.60 Å². The van der Waals surface area contributed by atoms with Crippen LogP contribution in [0.3, 0.4) is 0 Å². The van der Waals surface area contributed by atoms with Crippen LogP contribution in [0.5, 0.6) is 0 Å². The van der Waals surface area contributed by atoms with Crippen molar-refractivity contribution in [2.45, 2.75) is 52.7 Å². The van der Waals surface area contributed by atoms with Gasteiger partial charge in [-0.1, -0.05) is 6.92 Å². The molecule has 0 bridgehead atoms. The highest BCUT2D eigenvalue weighted by Crippen LogP contribution is 2.30. The molecule has 1 aliphatic rings. The Bertz CT molecular complexity index is 523. The summed E-state index contributed by atoms with van der Waals surface area (Å²) in [5, 5.41) is 3.57. The molecular weight excluding hydrogens is 290 g/mol. The number of aryl methyl sites for hydroxylation is 1. The Balaban J connectivity index is 1.76. The van der Waals surface area contributed by atoms with Gasteiger partial charge < -0.3 is 19.5 Å². The molecule has 1 aliphatic heterocycles. The van der Waals surface area contributed by atoms with Crippen LogP contribution in [0, 0.1) is 5.41 Å². The lowest BCUT2D eigenvalue weighted by molar-refractivity contribution is 0.0119. The average molecular weight is 321 g/mol. The molecule has 0 aromatic carbocycles. The van der Waals surface area contributed by atoms with Crippen molar-refractivity contribution in [3.05, 3.63) is 24.0 Å². The van der Waals surface area contributed by atoms with Gasteiger partial charge >= 0.3 is 6.09 Å². The van der Waals surface area contributed by atoms with Gasteiger partial charge in [-0.25, -0.2) is 4.79 Å². The summed E-state index contributed by atoms with van der Waals surface area (Å²) in [6.45, 7) is 11.4. The van der Waals surface area contributed by atoms with Crippen molar-refractivity contribution < 1.29 is 9.53 Å². The highest BCUT2D eigenvalue weighted by Gasteiger charge is 2.33. The van der Waals surface area contributed by atoms with Crippen LogP contribution in [0.2, 0.25) is 0 Å². The number of carbonyl (C=O) groups is 1. The molecule has 5 heteroatoms. The number of aromatic nitrogens is 1. The number of rotatable bonds is 4. The molecule has 1 N–H and O–H groups in total. The van der Waals surface area contributed by atoms with Crippen LogP contribution >= 0.6 is 0 Å². The smallest absolute Gasteiger partial charge is 0.410 e. The van der Waals surface area contributed by atoms with Crippen LogP contribution in [0.25, 0.3) is 0 Å². The Morgan fingerprint density at radius 2 is 2.00 bits per heavy atom. The minimum atomic E-state index is -0.422. The molecule has 1 amide bonds. The molecule has 0 unspecified atom stereocenters. The molecule has 2 heterocycles. The van der Waals surface area contributed by atoms with Crippen molar-refractivity contribution in [3.63, 3.8) is 0 Å². The van der Waals surface area contributed by atoms with Crippen LogP contribution in [0.4, 0.5) is 4.79 Å². The first kappa shape index (κ1) is 17.9. The number of ether oxygens (including phenoxy) is 1. The van der Waals surface area contributed by atoms with E-state index in [1.54, 1.807) is 0 Å². The SMILES string of the molecule is Cn1cccc1CNCC1(C)CCN(C(=O)OC(C)(C)C)CC1. The lowest BCUT2D eigenvalue weighted by Crippen LogP contribution is -2.47. The van der Waals surface area contributed by atoms with Gasteiger partial charge in [0, 0.05) is 45.1 Å². The van der Waals surface area contributed by atoms with E-state index in [9.17, 15) is 4.79 Å². The maximum atomic E-state index is 12.1. The number of hydrogen-bond donors (Lipinski definition) is 1. The van der Waals surface area contributed by atoms with E-state index in [4.69, 9.17) is 4.74 Å². The zero-order chi connectivity index (χ0) is 17.1. The van der Waals surface area contributed by atoms with Gasteiger partial charge in [0.2, 0.25) is 0 Å². The van der Waals surface area contributed by atoms with E-state index in [1.165, 1.54) is 5.69 Å². The van der Waals surface area contributed by atoms with Crippen molar-refractivity contribution in [3.8, 4) is 0 Å². The van der Waals surface area contributed by atoms with Gasteiger partial charge in [-0.3, -0.25) is 0 Å². The summed E-state index contributed by atoms with van der Waals surface area (Å²) in [5.41, 5.74) is 1.11. The number of nitrogens with zero attached hydrogens (tertiary/aromatic N) is 2. The average Bonchev–Trinajstić information content (AvgIpc) is 2.83. The molecule has 0 atom stereocenters. The predicted octanol–water partition coefficient (Wildman–Crippen LogP) is 3.15. The number of carbonyl (C=O) groups excluding carboxylic acids is 1. The van der Waals surface area contributed by atoms with Gasteiger partial charge in [0.25, 0.3) is 0 Å². The van der Waals surface area contributed by atoms with Gasteiger partial charge in [0.05, 0.1) is 0 Å². The fraction of sp³-hybridized carbons (Fsp3) is 0.722. The second-order valence-electron chi connectivity index (χ2n) is 7.99. The molecule has 1 aromatic rings. The summed E-state index contributed by atoms with van der Waals surface area (Å²) in [6.07, 6.45) is 3.90. The van der Waals surface area contributed by atoms with Crippen LogP contribution in [-0.4, -0.2) is 40.8 Å². The second-order valence-corrected chi connectivity index (χ2v) is 7.99. The third-order valence-corrected chi connectivity index (χ3v) is 4.53. The number of piperidine rings is 1. The normalized spacial score (nSPS) is 18.0. The predicted molar refractivity (Wildman–Crippen MR) is 92.3 cm³/mol. The van der Waals surface area contributed by atoms with E-state index in [1.807, 2.05) is 25.7 Å². The summed E-state index contributed by atoms with van der Waals surface area (Å²) in [5.74, 6) is 0. The Labute approximate surface area is 140 Å². The molecule has 0 saturated carbocycles. The fourth-order valence-electron chi connectivity index (χ4n) is 2.90. The fourth-order valence-corrected chi connectivity index (χ4v) is 2.90. The maximum absolute atomic E-state index is 12.1. The first-order chi connectivity index (χ1) is 10.7. The Morgan fingerprint density at radius 1 is 1.35 bits per heavy atom. The molecule has 0 radical (unpaired) electrons. The third-order valence-electron chi connectivity index (χ3n) is 4.53. The zero-order valence-corrected chi connectivity index (χ0v) is 15.2. The minimum absolute atomic E-state index is 0.184. The molecular formula is C18H31N3O2. The third kappa shape index (κ3) is 5.27. The van der Waals surface area contributed by atoms with E-state index in [-0.39, 0.29) is 11.5 Å². The molecule has 1 fully saturated rings. The van der Waals surface area contributed by atoms with E-state index in [0.717, 1.165) is 39.0 Å². The quantitative estimate of drug-likeness (QED) is 0.926. The van der Waals surface area contributed by atoms with Crippen LogP contribution in [-0.2, 0) is 18.3 Å². The van der Waals surface area contributed by atoms with Crippen molar-refractivity contribution in [2.75, 3.05) is 19.6 Å². The molecule has 1 saturated heterocycles. The summed E-state index contributed by atoms with van der Waals surface area (Å²) in [4.78, 5) is 14.0. The van der Waals surface area contributed by atoms with E-state index >= 15 is 0 Å². The van der Waals surface area contributed by atoms with Crippen molar-refractivity contribution in [1.29, 1.82) is 0 Å². The lowest BCUT2D eigenvalue weighted by Gasteiger charge is -2.40. The minimum Gasteiger partial charge on any atom is -0.444 e. The summed E-state index contributed by atoms with van der Waals surface area (Å²) in [6, 6.07) is 4.21. The van der Waals surface area contributed by atoms with Crippen LogP contribution in [0.15, 0.2) is 18.3 Å². The molecule has 130 valence electrons. The van der Waals surface area contributed by atoms with Gasteiger partial charge in [0.1, 0.15) is 5.60 Å². The number of likely N-dealkylation sites (tertiary alicyclic amines) is 1. The summed E-state index contributed by atoms with van der Waals surface area (Å²) < 4.78 is 7.60. The van der Waals surface area contributed by atoms with Gasteiger partial charge in [-0.05, 0) is 51.2 Å². The van der Waals surface area contributed by atoms with Crippen LogP contribution < -0.4 is 5.32 Å². The molecule has 23 heavy (non-hydrogen) atoms. The highest BCUT2D eigenvalue weighted by atomic mass is 16.6. The van der Waals surface area contributed by atoms with Crippen molar-refractivity contribution in [2.24, 2.45) is 12.5 Å². The molecule has 2 rings (SSSR count). The van der Waals surface area contributed by atoms with Gasteiger partial charge in [-0.15, -0.1) is 0 Å². The molecule has 1 aromatic heterocycles. The molecule has 5 nitrogen and oxygen atoms in total. The molecule has 0 aliphatic carbocycles. The molecule has 0 spiro atoms. The Kier molecular flexibility index (Phi) is 5.40.